The molecule has 2 aliphatic rings. The molecule has 2 fully saturated rings. The van der Waals surface area contributed by atoms with E-state index in [1.165, 1.54) is 19.3 Å². The molecular formula is C15H23N3O2S. The predicted octanol–water partition coefficient (Wildman–Crippen LogP) is 1.62. The molecule has 1 aliphatic carbocycles. The van der Waals surface area contributed by atoms with Crippen molar-refractivity contribution in [3.63, 3.8) is 0 Å². The fourth-order valence-electron chi connectivity index (χ4n) is 2.58. The summed E-state index contributed by atoms with van der Waals surface area (Å²) in [5.41, 5.74) is 1.02. The third-order valence-corrected chi connectivity index (χ3v) is 5.36. The molecule has 1 aromatic carbocycles. The van der Waals surface area contributed by atoms with Gasteiger partial charge >= 0.3 is 0 Å². The Balaban J connectivity index is 1.66. The van der Waals surface area contributed by atoms with Gasteiger partial charge in [0.25, 0.3) is 10.0 Å². The Bertz CT molecular complexity index is 578. The summed E-state index contributed by atoms with van der Waals surface area (Å²) in [7, 11) is -3.46. The summed E-state index contributed by atoms with van der Waals surface area (Å²) in [6.07, 6.45) is 5.74. The van der Waals surface area contributed by atoms with Crippen LogP contribution in [0, 0.1) is 0 Å². The van der Waals surface area contributed by atoms with Gasteiger partial charge in [-0.25, -0.2) is 13.4 Å². The number of hydrazine groups is 1. The molecule has 6 heteroatoms. The van der Waals surface area contributed by atoms with E-state index < -0.39 is 10.0 Å². The number of sulfonamides is 1. The van der Waals surface area contributed by atoms with Crippen molar-refractivity contribution in [3.8, 4) is 0 Å². The predicted molar refractivity (Wildman–Crippen MR) is 82.0 cm³/mol. The van der Waals surface area contributed by atoms with E-state index in [0.717, 1.165) is 38.0 Å². The van der Waals surface area contributed by atoms with Crippen molar-refractivity contribution in [1.29, 1.82) is 0 Å². The minimum atomic E-state index is -3.46. The molecule has 0 atom stereocenters. The number of hydrogen-bond donors (Lipinski definition) is 2. The van der Waals surface area contributed by atoms with Crippen molar-refractivity contribution in [2.24, 2.45) is 0 Å². The van der Waals surface area contributed by atoms with E-state index in [0.29, 0.717) is 10.9 Å². The van der Waals surface area contributed by atoms with Crippen molar-refractivity contribution < 1.29 is 8.42 Å². The SMILES string of the molecule is O=S(=O)(NN1CCCCC1)c1cccc(CNC2CC2)c1. The summed E-state index contributed by atoms with van der Waals surface area (Å²) >= 11 is 0. The van der Waals surface area contributed by atoms with Crippen LogP contribution in [0.1, 0.15) is 37.7 Å². The second-order valence-electron chi connectivity index (χ2n) is 5.95. The number of rotatable bonds is 6. The van der Waals surface area contributed by atoms with E-state index in [1.54, 1.807) is 12.1 Å². The van der Waals surface area contributed by atoms with Gasteiger partial charge < -0.3 is 5.32 Å². The molecule has 0 radical (unpaired) electrons. The highest BCUT2D eigenvalue weighted by atomic mass is 32.2. The Kier molecular flexibility index (Phi) is 4.59. The van der Waals surface area contributed by atoms with Gasteiger partial charge in [-0.3, -0.25) is 0 Å². The molecule has 1 saturated carbocycles. The Hall–Kier alpha value is -0.950. The molecular weight excluding hydrogens is 286 g/mol. The van der Waals surface area contributed by atoms with Crippen molar-refractivity contribution in [2.45, 2.75) is 49.6 Å². The molecule has 0 bridgehead atoms. The summed E-state index contributed by atoms with van der Waals surface area (Å²) in [6, 6.07) is 7.83. The largest absolute Gasteiger partial charge is 0.310 e. The van der Waals surface area contributed by atoms with E-state index in [1.807, 2.05) is 17.1 Å². The first-order chi connectivity index (χ1) is 10.1. The van der Waals surface area contributed by atoms with Gasteiger partial charge in [-0.1, -0.05) is 18.6 Å². The number of piperidine rings is 1. The maximum Gasteiger partial charge on any atom is 0.253 e. The van der Waals surface area contributed by atoms with E-state index in [-0.39, 0.29) is 0 Å². The lowest BCUT2D eigenvalue weighted by Crippen LogP contribution is -2.44. The maximum absolute atomic E-state index is 12.4. The number of nitrogens with zero attached hydrogens (tertiary/aromatic N) is 1. The van der Waals surface area contributed by atoms with Gasteiger partial charge in [0.05, 0.1) is 4.90 Å². The molecule has 0 aromatic heterocycles. The van der Waals surface area contributed by atoms with Gasteiger partial charge in [0.2, 0.25) is 0 Å². The monoisotopic (exact) mass is 309 g/mol. The van der Waals surface area contributed by atoms with Gasteiger partial charge in [-0.2, -0.15) is 0 Å². The van der Waals surface area contributed by atoms with E-state index in [2.05, 4.69) is 10.1 Å². The van der Waals surface area contributed by atoms with Crippen LogP contribution in [-0.4, -0.2) is 32.6 Å². The van der Waals surface area contributed by atoms with Crippen LogP contribution in [0.3, 0.4) is 0 Å². The lowest BCUT2D eigenvalue weighted by atomic mass is 10.2. The average Bonchev–Trinajstić information content (AvgIpc) is 3.30. The first kappa shape index (κ1) is 15.0. The number of nitrogens with one attached hydrogen (secondary N) is 2. The maximum atomic E-state index is 12.4. The second-order valence-corrected chi connectivity index (χ2v) is 7.61. The first-order valence-electron chi connectivity index (χ1n) is 7.73. The van der Waals surface area contributed by atoms with Crippen molar-refractivity contribution >= 4 is 10.0 Å². The van der Waals surface area contributed by atoms with Crippen LogP contribution < -0.4 is 10.1 Å². The third kappa shape index (κ3) is 4.26. The van der Waals surface area contributed by atoms with Gasteiger partial charge in [0.15, 0.2) is 0 Å². The zero-order valence-corrected chi connectivity index (χ0v) is 13.0. The van der Waals surface area contributed by atoms with Crippen LogP contribution in [0.4, 0.5) is 0 Å². The second kappa shape index (κ2) is 6.44. The van der Waals surface area contributed by atoms with Crippen molar-refractivity contribution in [1.82, 2.24) is 15.2 Å². The molecule has 21 heavy (non-hydrogen) atoms. The van der Waals surface area contributed by atoms with E-state index in [9.17, 15) is 8.42 Å². The molecule has 3 rings (SSSR count). The summed E-state index contributed by atoms with van der Waals surface area (Å²) in [5.74, 6) is 0. The smallest absolute Gasteiger partial charge is 0.253 e. The van der Waals surface area contributed by atoms with Crippen molar-refractivity contribution in [2.75, 3.05) is 13.1 Å². The summed E-state index contributed by atoms with van der Waals surface area (Å²) in [6.45, 7) is 2.32. The Morgan fingerprint density at radius 1 is 1.14 bits per heavy atom. The molecule has 5 nitrogen and oxygen atoms in total. The highest BCUT2D eigenvalue weighted by molar-refractivity contribution is 7.89. The van der Waals surface area contributed by atoms with Crippen molar-refractivity contribution in [3.05, 3.63) is 29.8 Å². The minimum absolute atomic E-state index is 0.350. The lowest BCUT2D eigenvalue weighted by molar-refractivity contribution is 0.200. The molecule has 1 heterocycles. The van der Waals surface area contributed by atoms with Gasteiger partial charge in [-0.15, -0.1) is 4.83 Å². The van der Waals surface area contributed by atoms with Gasteiger partial charge in [0, 0.05) is 25.7 Å². The number of benzene rings is 1. The Morgan fingerprint density at radius 2 is 1.90 bits per heavy atom. The molecule has 1 saturated heterocycles. The number of hydrogen-bond acceptors (Lipinski definition) is 4. The third-order valence-electron chi connectivity index (χ3n) is 3.99. The zero-order valence-electron chi connectivity index (χ0n) is 12.2. The minimum Gasteiger partial charge on any atom is -0.310 e. The highest BCUT2D eigenvalue weighted by Gasteiger charge is 2.22. The molecule has 1 aromatic rings. The Labute approximate surface area is 126 Å². The van der Waals surface area contributed by atoms with Crippen LogP contribution in [0.15, 0.2) is 29.2 Å². The summed E-state index contributed by atoms with van der Waals surface area (Å²) in [4.78, 5) is 3.05. The van der Waals surface area contributed by atoms with E-state index in [4.69, 9.17) is 0 Å². The molecule has 2 N–H and O–H groups in total. The quantitative estimate of drug-likeness (QED) is 0.838. The van der Waals surface area contributed by atoms with Crippen LogP contribution in [0.2, 0.25) is 0 Å². The average molecular weight is 309 g/mol. The van der Waals surface area contributed by atoms with Crippen LogP contribution >= 0.6 is 0 Å². The topological polar surface area (TPSA) is 61.4 Å². The van der Waals surface area contributed by atoms with Gasteiger partial charge in [-0.05, 0) is 43.4 Å². The van der Waals surface area contributed by atoms with Crippen LogP contribution in [0.25, 0.3) is 0 Å². The normalized spacial score (nSPS) is 20.6. The molecule has 0 unspecified atom stereocenters. The molecule has 1 aliphatic heterocycles. The van der Waals surface area contributed by atoms with Crippen LogP contribution in [-0.2, 0) is 16.6 Å². The zero-order chi connectivity index (χ0) is 14.7. The molecule has 0 amide bonds. The highest BCUT2D eigenvalue weighted by Crippen LogP contribution is 2.20. The van der Waals surface area contributed by atoms with Crippen LogP contribution in [0.5, 0.6) is 0 Å². The van der Waals surface area contributed by atoms with Gasteiger partial charge in [0.1, 0.15) is 0 Å². The fourth-order valence-corrected chi connectivity index (χ4v) is 3.77. The summed E-state index contributed by atoms with van der Waals surface area (Å²) < 4.78 is 24.9. The molecule has 116 valence electrons. The summed E-state index contributed by atoms with van der Waals surface area (Å²) in [5, 5.41) is 5.22. The van der Waals surface area contributed by atoms with E-state index >= 15 is 0 Å². The standard InChI is InChI=1S/C15H23N3O2S/c19-21(20,17-18-9-2-1-3-10-18)15-6-4-5-13(11-15)12-16-14-7-8-14/h4-6,11,14,16-17H,1-3,7-10,12H2. The molecule has 0 spiro atoms. The lowest BCUT2D eigenvalue weighted by Gasteiger charge is -2.26. The Morgan fingerprint density at radius 3 is 2.62 bits per heavy atom. The first-order valence-corrected chi connectivity index (χ1v) is 9.21. The fraction of sp³-hybridized carbons (Fsp3) is 0.600.